The molecule has 0 aliphatic rings. The molecule has 0 heterocycles. The van der Waals surface area contributed by atoms with Crippen molar-refractivity contribution in [3.8, 4) is 0 Å². The predicted octanol–water partition coefficient (Wildman–Crippen LogP) is 2.34. The van der Waals surface area contributed by atoms with Crippen LogP contribution in [0.1, 0.15) is 0 Å². The van der Waals surface area contributed by atoms with Crippen molar-refractivity contribution in [2.24, 2.45) is 0 Å². The zero-order valence-electron chi connectivity index (χ0n) is 5.17. The molecule has 1 aromatic rings. The average Bonchev–Trinajstić information content (AvgIpc) is 1.97. The van der Waals surface area contributed by atoms with E-state index >= 15 is 0 Å². The van der Waals surface area contributed by atoms with Crippen LogP contribution < -0.4 is 5.73 Å². The van der Waals surface area contributed by atoms with Gasteiger partial charge in [-0.3, -0.25) is 0 Å². The van der Waals surface area contributed by atoms with Gasteiger partial charge in [0, 0.05) is 6.07 Å². The van der Waals surface area contributed by atoms with Gasteiger partial charge in [-0.1, -0.05) is 11.6 Å². The maximum absolute atomic E-state index is 12.5. The van der Waals surface area contributed by atoms with Crippen LogP contribution in [-0.4, -0.2) is 0 Å². The molecule has 0 aromatic heterocycles. The van der Waals surface area contributed by atoms with Crippen molar-refractivity contribution in [1.82, 2.24) is 0 Å². The molecule has 0 atom stereocenters. The molecule has 0 spiro atoms. The van der Waals surface area contributed by atoms with E-state index in [0.717, 1.165) is 0 Å². The molecule has 2 N–H and O–H groups in total. The first-order valence-corrected chi connectivity index (χ1v) is 3.00. The molecule has 0 saturated carbocycles. The molecule has 0 saturated heterocycles. The summed E-state index contributed by atoms with van der Waals surface area (Å²) >= 11 is 5.06. The van der Waals surface area contributed by atoms with E-state index in [0.29, 0.717) is 6.07 Å². The second-order valence-electron chi connectivity index (χ2n) is 1.88. The third kappa shape index (κ3) is 1.26. The standard InChI is InChI=1S/C6H3ClF3N/c7-4-2(8)1-3(9)6(11)5(4)10/h1H,11H2. The van der Waals surface area contributed by atoms with E-state index in [-0.39, 0.29) is 0 Å². The van der Waals surface area contributed by atoms with Gasteiger partial charge in [0.1, 0.15) is 16.5 Å². The van der Waals surface area contributed by atoms with Gasteiger partial charge in [-0.2, -0.15) is 0 Å². The highest BCUT2D eigenvalue weighted by Gasteiger charge is 2.14. The summed E-state index contributed by atoms with van der Waals surface area (Å²) < 4.78 is 37.2. The summed E-state index contributed by atoms with van der Waals surface area (Å²) in [5.41, 5.74) is 4.08. The first kappa shape index (κ1) is 8.20. The number of anilines is 1. The van der Waals surface area contributed by atoms with E-state index in [2.05, 4.69) is 0 Å². The van der Waals surface area contributed by atoms with E-state index in [1.54, 1.807) is 0 Å². The van der Waals surface area contributed by atoms with E-state index in [1.165, 1.54) is 0 Å². The number of hydrogen-bond acceptors (Lipinski definition) is 1. The van der Waals surface area contributed by atoms with Gasteiger partial charge in [-0.15, -0.1) is 0 Å². The Hall–Kier alpha value is -0.900. The van der Waals surface area contributed by atoms with Crippen LogP contribution in [0.4, 0.5) is 18.9 Å². The molecule has 0 aliphatic carbocycles. The SMILES string of the molecule is Nc1c(F)cc(F)c(Cl)c1F. The van der Waals surface area contributed by atoms with Crippen LogP contribution in [0.25, 0.3) is 0 Å². The van der Waals surface area contributed by atoms with Crippen molar-refractivity contribution in [3.05, 3.63) is 28.5 Å². The van der Waals surface area contributed by atoms with Gasteiger partial charge in [-0.05, 0) is 0 Å². The van der Waals surface area contributed by atoms with Crippen LogP contribution >= 0.6 is 11.6 Å². The van der Waals surface area contributed by atoms with E-state index < -0.39 is 28.2 Å². The van der Waals surface area contributed by atoms with Gasteiger partial charge < -0.3 is 5.73 Å². The lowest BCUT2D eigenvalue weighted by molar-refractivity contribution is 0.550. The van der Waals surface area contributed by atoms with Gasteiger partial charge in [-0.25, -0.2) is 13.2 Å². The van der Waals surface area contributed by atoms with E-state index in [1.807, 2.05) is 0 Å². The third-order valence-electron chi connectivity index (χ3n) is 1.15. The highest BCUT2D eigenvalue weighted by Crippen LogP contribution is 2.25. The van der Waals surface area contributed by atoms with Gasteiger partial charge in [0.15, 0.2) is 11.6 Å². The van der Waals surface area contributed by atoms with Crippen LogP contribution in [0.2, 0.25) is 5.02 Å². The smallest absolute Gasteiger partial charge is 0.170 e. The summed E-state index contributed by atoms with van der Waals surface area (Å²) in [5, 5.41) is -0.788. The van der Waals surface area contributed by atoms with Gasteiger partial charge in [0.05, 0.1) is 0 Å². The Kier molecular flexibility index (Phi) is 1.95. The lowest BCUT2D eigenvalue weighted by Gasteiger charge is -2.00. The monoisotopic (exact) mass is 181 g/mol. The minimum atomic E-state index is -1.26. The van der Waals surface area contributed by atoms with Crippen molar-refractivity contribution >= 4 is 17.3 Å². The zero-order chi connectivity index (χ0) is 8.59. The number of nitrogens with two attached hydrogens (primary N) is 1. The summed E-state index contributed by atoms with van der Waals surface area (Å²) in [6.45, 7) is 0. The van der Waals surface area contributed by atoms with Crippen LogP contribution in [-0.2, 0) is 0 Å². The van der Waals surface area contributed by atoms with Gasteiger partial charge >= 0.3 is 0 Å². The largest absolute Gasteiger partial charge is 0.394 e. The molecule has 0 fully saturated rings. The fourth-order valence-electron chi connectivity index (χ4n) is 0.580. The normalized spacial score (nSPS) is 10.2. The van der Waals surface area contributed by atoms with Crippen LogP contribution in [0, 0.1) is 17.5 Å². The Morgan fingerprint density at radius 2 is 1.73 bits per heavy atom. The average molecular weight is 182 g/mol. The number of rotatable bonds is 0. The highest BCUT2D eigenvalue weighted by atomic mass is 35.5. The second kappa shape index (κ2) is 2.62. The summed E-state index contributed by atoms with van der Waals surface area (Å²) in [6.07, 6.45) is 0. The molecule has 60 valence electrons. The molecule has 1 nitrogen and oxygen atoms in total. The number of nitrogen functional groups attached to an aromatic ring is 1. The second-order valence-corrected chi connectivity index (χ2v) is 2.26. The molecule has 1 rings (SSSR count). The van der Waals surface area contributed by atoms with E-state index in [9.17, 15) is 13.2 Å². The molecule has 1 aromatic carbocycles. The number of hydrogen-bond donors (Lipinski definition) is 1. The molecule has 0 unspecified atom stereocenters. The fourth-order valence-corrected chi connectivity index (χ4v) is 0.737. The summed E-state index contributed by atoms with van der Waals surface area (Å²) in [4.78, 5) is 0. The fraction of sp³-hybridized carbons (Fsp3) is 0. The molecule has 0 bridgehead atoms. The Bertz CT molecular complexity index is 274. The van der Waals surface area contributed by atoms with Crippen LogP contribution in [0.3, 0.4) is 0 Å². The first-order chi connectivity index (χ1) is 5.04. The highest BCUT2D eigenvalue weighted by molar-refractivity contribution is 6.31. The molecule has 11 heavy (non-hydrogen) atoms. The third-order valence-corrected chi connectivity index (χ3v) is 1.50. The maximum atomic E-state index is 12.5. The van der Waals surface area contributed by atoms with E-state index in [4.69, 9.17) is 17.3 Å². The Labute approximate surface area is 65.6 Å². The predicted molar refractivity (Wildman–Crippen MR) is 35.7 cm³/mol. The summed E-state index contributed by atoms with van der Waals surface area (Å²) in [6, 6.07) is 0.431. The molecule has 5 heteroatoms. The quantitative estimate of drug-likeness (QED) is 0.371. The van der Waals surface area contributed by atoms with Gasteiger partial charge in [0.25, 0.3) is 0 Å². The van der Waals surface area contributed by atoms with Crippen molar-refractivity contribution in [2.45, 2.75) is 0 Å². The van der Waals surface area contributed by atoms with Crippen molar-refractivity contribution in [2.75, 3.05) is 5.73 Å². The minimum Gasteiger partial charge on any atom is -0.394 e. The maximum Gasteiger partial charge on any atom is 0.170 e. The summed E-state index contributed by atoms with van der Waals surface area (Å²) in [5.74, 6) is -3.57. The Morgan fingerprint density at radius 3 is 2.27 bits per heavy atom. The molecule has 0 amide bonds. The minimum absolute atomic E-state index is 0.431. The lowest BCUT2D eigenvalue weighted by atomic mass is 10.3. The Morgan fingerprint density at radius 1 is 1.18 bits per heavy atom. The van der Waals surface area contributed by atoms with Crippen molar-refractivity contribution in [3.63, 3.8) is 0 Å². The lowest BCUT2D eigenvalue weighted by Crippen LogP contribution is -1.97. The Balaban J connectivity index is 3.46. The summed E-state index contributed by atoms with van der Waals surface area (Å²) in [7, 11) is 0. The van der Waals surface area contributed by atoms with Crippen LogP contribution in [0.15, 0.2) is 6.07 Å². The number of halogens is 4. The van der Waals surface area contributed by atoms with Crippen molar-refractivity contribution < 1.29 is 13.2 Å². The first-order valence-electron chi connectivity index (χ1n) is 2.62. The van der Waals surface area contributed by atoms with Gasteiger partial charge in [0.2, 0.25) is 0 Å². The molecular formula is C6H3ClF3N. The van der Waals surface area contributed by atoms with Crippen molar-refractivity contribution in [1.29, 1.82) is 0 Å². The van der Waals surface area contributed by atoms with Crippen LogP contribution in [0.5, 0.6) is 0 Å². The molecule has 0 aliphatic heterocycles. The topological polar surface area (TPSA) is 26.0 Å². The molecular weight excluding hydrogens is 179 g/mol. The molecule has 0 radical (unpaired) electrons. The number of benzene rings is 1. The zero-order valence-corrected chi connectivity index (χ0v) is 5.92.